The van der Waals surface area contributed by atoms with Crippen molar-refractivity contribution in [3.05, 3.63) is 40.3 Å². The van der Waals surface area contributed by atoms with Gasteiger partial charge in [-0.05, 0) is 32.4 Å². The van der Waals surface area contributed by atoms with Gasteiger partial charge in [0, 0.05) is 6.20 Å². The standard InChI is InChI=1S/C13H14ClN3O2/c1-4-19-13(18)11-7-16-17(9(11)3)12-8(2)5-10(14)6-15-12/h5-7H,4H2,1-3H3. The van der Waals surface area contributed by atoms with Crippen molar-refractivity contribution in [2.45, 2.75) is 20.8 Å². The van der Waals surface area contributed by atoms with Gasteiger partial charge in [0.1, 0.15) is 5.56 Å². The lowest BCUT2D eigenvalue weighted by atomic mass is 10.2. The third-order valence-corrected chi connectivity index (χ3v) is 2.93. The van der Waals surface area contributed by atoms with Gasteiger partial charge in [0.05, 0.1) is 23.5 Å². The molecule has 0 spiro atoms. The van der Waals surface area contributed by atoms with Crippen molar-refractivity contribution in [1.29, 1.82) is 0 Å². The molecule has 2 aromatic heterocycles. The third kappa shape index (κ3) is 2.61. The molecular weight excluding hydrogens is 266 g/mol. The maximum Gasteiger partial charge on any atom is 0.341 e. The largest absolute Gasteiger partial charge is 0.462 e. The van der Waals surface area contributed by atoms with Gasteiger partial charge in [0.25, 0.3) is 0 Å². The van der Waals surface area contributed by atoms with Crippen LogP contribution in [0.5, 0.6) is 0 Å². The predicted octanol–water partition coefficient (Wildman–Crippen LogP) is 2.71. The zero-order valence-corrected chi connectivity index (χ0v) is 11.7. The molecule has 5 nitrogen and oxygen atoms in total. The van der Waals surface area contributed by atoms with Gasteiger partial charge in [0.2, 0.25) is 0 Å². The van der Waals surface area contributed by atoms with E-state index in [4.69, 9.17) is 16.3 Å². The number of hydrogen-bond acceptors (Lipinski definition) is 4. The van der Waals surface area contributed by atoms with E-state index in [1.165, 1.54) is 6.20 Å². The molecule has 0 aliphatic carbocycles. The first-order valence-electron chi connectivity index (χ1n) is 5.88. The van der Waals surface area contributed by atoms with E-state index in [2.05, 4.69) is 10.1 Å². The number of aromatic nitrogens is 3. The Morgan fingerprint density at radius 1 is 1.42 bits per heavy atom. The Morgan fingerprint density at radius 2 is 2.16 bits per heavy atom. The van der Waals surface area contributed by atoms with Crippen LogP contribution in [0.4, 0.5) is 0 Å². The number of pyridine rings is 1. The van der Waals surface area contributed by atoms with Crippen LogP contribution in [0.3, 0.4) is 0 Å². The monoisotopic (exact) mass is 279 g/mol. The zero-order valence-electron chi connectivity index (χ0n) is 11.0. The zero-order chi connectivity index (χ0) is 14.0. The summed E-state index contributed by atoms with van der Waals surface area (Å²) in [4.78, 5) is 16.0. The van der Waals surface area contributed by atoms with Crippen molar-refractivity contribution >= 4 is 17.6 Å². The lowest BCUT2D eigenvalue weighted by Gasteiger charge is -2.07. The predicted molar refractivity (Wildman–Crippen MR) is 71.8 cm³/mol. The van der Waals surface area contributed by atoms with Crippen molar-refractivity contribution in [2.75, 3.05) is 6.61 Å². The Hall–Kier alpha value is -1.88. The summed E-state index contributed by atoms with van der Waals surface area (Å²) < 4.78 is 6.58. The SMILES string of the molecule is CCOC(=O)c1cnn(-c2ncc(Cl)cc2C)c1C. The van der Waals surface area contributed by atoms with Crippen LogP contribution in [0.1, 0.15) is 28.5 Å². The summed E-state index contributed by atoms with van der Waals surface area (Å²) in [6, 6.07) is 1.80. The van der Waals surface area contributed by atoms with Gasteiger partial charge >= 0.3 is 5.97 Å². The molecule has 0 aromatic carbocycles. The highest BCUT2D eigenvalue weighted by Gasteiger charge is 2.17. The summed E-state index contributed by atoms with van der Waals surface area (Å²) in [6.07, 6.45) is 3.04. The Bertz CT molecular complexity index is 622. The number of esters is 1. The molecule has 2 rings (SSSR count). The summed E-state index contributed by atoms with van der Waals surface area (Å²) in [5, 5.41) is 4.76. The van der Waals surface area contributed by atoms with E-state index in [-0.39, 0.29) is 5.97 Å². The average molecular weight is 280 g/mol. The molecular formula is C13H14ClN3O2. The summed E-state index contributed by atoms with van der Waals surface area (Å²) in [7, 11) is 0. The molecule has 0 amide bonds. The first-order valence-corrected chi connectivity index (χ1v) is 6.26. The summed E-state index contributed by atoms with van der Waals surface area (Å²) in [6.45, 7) is 5.79. The fourth-order valence-electron chi connectivity index (χ4n) is 1.79. The molecule has 0 aliphatic heterocycles. The van der Waals surface area contributed by atoms with Crippen LogP contribution in [-0.2, 0) is 4.74 Å². The molecule has 0 unspecified atom stereocenters. The van der Waals surface area contributed by atoms with Crippen LogP contribution in [0.25, 0.3) is 5.82 Å². The van der Waals surface area contributed by atoms with Crippen molar-refractivity contribution in [3.63, 3.8) is 0 Å². The van der Waals surface area contributed by atoms with E-state index in [1.807, 2.05) is 6.92 Å². The number of halogens is 1. The van der Waals surface area contributed by atoms with Gasteiger partial charge < -0.3 is 4.74 Å². The molecule has 0 saturated carbocycles. The van der Waals surface area contributed by atoms with E-state index in [0.29, 0.717) is 28.7 Å². The second-order valence-corrected chi connectivity index (χ2v) is 4.51. The quantitative estimate of drug-likeness (QED) is 0.811. The van der Waals surface area contributed by atoms with Crippen LogP contribution in [0.15, 0.2) is 18.5 Å². The Balaban J connectivity index is 2.44. The van der Waals surface area contributed by atoms with Gasteiger partial charge in [-0.2, -0.15) is 5.10 Å². The minimum absolute atomic E-state index is 0.335. The molecule has 2 heterocycles. The number of aryl methyl sites for hydroxylation is 1. The molecule has 0 saturated heterocycles. The third-order valence-electron chi connectivity index (χ3n) is 2.72. The second-order valence-electron chi connectivity index (χ2n) is 4.07. The fourth-order valence-corrected chi connectivity index (χ4v) is 2.00. The van der Waals surface area contributed by atoms with E-state index in [9.17, 15) is 4.79 Å². The highest BCUT2D eigenvalue weighted by Crippen LogP contribution is 2.19. The normalized spacial score (nSPS) is 10.5. The first kappa shape index (κ1) is 13.5. The molecule has 0 aliphatic rings. The lowest BCUT2D eigenvalue weighted by Crippen LogP contribution is -2.08. The van der Waals surface area contributed by atoms with Gasteiger partial charge in [0.15, 0.2) is 5.82 Å². The Morgan fingerprint density at radius 3 is 2.79 bits per heavy atom. The molecule has 0 N–H and O–H groups in total. The maximum atomic E-state index is 11.7. The minimum Gasteiger partial charge on any atom is -0.462 e. The van der Waals surface area contributed by atoms with Gasteiger partial charge in [-0.3, -0.25) is 0 Å². The molecule has 0 fully saturated rings. The number of carbonyl (C=O) groups is 1. The van der Waals surface area contributed by atoms with Crippen molar-refractivity contribution in [1.82, 2.24) is 14.8 Å². The number of carbonyl (C=O) groups excluding carboxylic acids is 1. The number of hydrogen-bond donors (Lipinski definition) is 0. The van der Waals surface area contributed by atoms with Crippen LogP contribution in [0, 0.1) is 13.8 Å². The molecule has 100 valence electrons. The highest BCUT2D eigenvalue weighted by atomic mass is 35.5. The van der Waals surface area contributed by atoms with Crippen molar-refractivity contribution in [3.8, 4) is 5.82 Å². The van der Waals surface area contributed by atoms with Gasteiger partial charge in [-0.25, -0.2) is 14.5 Å². The topological polar surface area (TPSA) is 57.0 Å². The summed E-state index contributed by atoms with van der Waals surface area (Å²) >= 11 is 5.87. The molecule has 19 heavy (non-hydrogen) atoms. The van der Waals surface area contributed by atoms with Crippen molar-refractivity contribution in [2.24, 2.45) is 0 Å². The Labute approximate surface area is 116 Å². The fraction of sp³-hybridized carbons (Fsp3) is 0.308. The molecule has 6 heteroatoms. The molecule has 2 aromatic rings. The van der Waals surface area contributed by atoms with Gasteiger partial charge in [-0.1, -0.05) is 11.6 Å². The van der Waals surface area contributed by atoms with E-state index < -0.39 is 0 Å². The average Bonchev–Trinajstić information content (AvgIpc) is 2.72. The summed E-state index contributed by atoms with van der Waals surface area (Å²) in [5.74, 6) is 0.273. The number of ether oxygens (including phenoxy) is 1. The minimum atomic E-state index is -0.377. The first-order chi connectivity index (χ1) is 9.04. The van der Waals surface area contributed by atoms with E-state index >= 15 is 0 Å². The smallest absolute Gasteiger partial charge is 0.341 e. The number of nitrogens with zero attached hydrogens (tertiary/aromatic N) is 3. The Kier molecular flexibility index (Phi) is 3.85. The van der Waals surface area contributed by atoms with Crippen LogP contribution in [0.2, 0.25) is 5.02 Å². The van der Waals surface area contributed by atoms with E-state index in [0.717, 1.165) is 5.56 Å². The number of rotatable bonds is 3. The van der Waals surface area contributed by atoms with Crippen LogP contribution < -0.4 is 0 Å². The van der Waals surface area contributed by atoms with Crippen LogP contribution in [-0.4, -0.2) is 27.3 Å². The van der Waals surface area contributed by atoms with Gasteiger partial charge in [-0.15, -0.1) is 0 Å². The molecule has 0 bridgehead atoms. The van der Waals surface area contributed by atoms with Crippen molar-refractivity contribution < 1.29 is 9.53 Å². The maximum absolute atomic E-state index is 11.7. The van der Waals surface area contributed by atoms with Crippen LogP contribution >= 0.6 is 11.6 Å². The highest BCUT2D eigenvalue weighted by molar-refractivity contribution is 6.30. The lowest BCUT2D eigenvalue weighted by molar-refractivity contribution is 0.0525. The molecule has 0 atom stereocenters. The van der Waals surface area contributed by atoms with E-state index in [1.54, 1.807) is 30.8 Å². The molecule has 0 radical (unpaired) electrons. The second kappa shape index (κ2) is 5.40. The summed E-state index contributed by atoms with van der Waals surface area (Å²) in [5.41, 5.74) is 2.02.